The van der Waals surface area contributed by atoms with Gasteiger partial charge in [-0.1, -0.05) is 30.6 Å². The molecule has 5 rings (SSSR count). The van der Waals surface area contributed by atoms with Gasteiger partial charge < -0.3 is 15.3 Å². The lowest BCUT2D eigenvalue weighted by Gasteiger charge is -2.57. The summed E-state index contributed by atoms with van der Waals surface area (Å²) in [7, 11) is 0. The number of rotatable bonds is 5. The van der Waals surface area contributed by atoms with Gasteiger partial charge in [-0.15, -0.1) is 0 Å². The largest absolute Gasteiger partial charge is 0.393 e. The van der Waals surface area contributed by atoms with E-state index in [1.807, 2.05) is 18.2 Å². The maximum atomic E-state index is 12.1. The Morgan fingerprint density at radius 2 is 2.06 bits per heavy atom. The van der Waals surface area contributed by atoms with Crippen molar-refractivity contribution >= 4 is 11.6 Å². The normalized spacial score (nSPS) is 38.6. The summed E-state index contributed by atoms with van der Waals surface area (Å²) in [6.45, 7) is 5.12. The Kier molecular flexibility index (Phi) is 6.06. The highest BCUT2D eigenvalue weighted by molar-refractivity contribution is 5.96. The van der Waals surface area contributed by atoms with Crippen molar-refractivity contribution in [3.05, 3.63) is 41.7 Å². The minimum Gasteiger partial charge on any atom is -0.393 e. The Bertz CT molecular complexity index is 945. The zero-order valence-corrected chi connectivity index (χ0v) is 19.9. The number of amides is 1. The molecule has 3 saturated carbocycles. The molecule has 1 aromatic heterocycles. The van der Waals surface area contributed by atoms with Crippen LogP contribution in [-0.2, 0) is 16.2 Å². The van der Waals surface area contributed by atoms with E-state index in [2.05, 4.69) is 35.4 Å². The molecule has 0 bridgehead atoms. The lowest BCUT2D eigenvalue weighted by molar-refractivity contribution is -0.125. The summed E-state index contributed by atoms with van der Waals surface area (Å²) in [5.74, 6) is 1.93. The zero-order valence-electron chi connectivity index (χ0n) is 19.9. The standard InChI is InChI=1S/C27H37N3O3/c1-26-12-10-19(30-33-17-25(32)29-16-20-5-3-4-14-28-20)15-18(26)6-7-21-22-8-9-24(31)27(22,2)13-11-23(21)26/h3-5,14-15,21-24,31H,6-13,16-17H2,1-2H3,(H,29,32)/t21-,22+,23-,24-,26+,27+/m1/s1. The number of carbonyl (C=O) groups excluding carboxylic acids is 1. The fraction of sp³-hybridized carbons (Fsp3) is 0.667. The molecule has 1 aromatic rings. The van der Waals surface area contributed by atoms with E-state index in [1.54, 1.807) is 6.20 Å². The first-order valence-corrected chi connectivity index (χ1v) is 12.6. The minimum atomic E-state index is -0.192. The molecule has 1 amide bonds. The zero-order chi connectivity index (χ0) is 23.1. The second-order valence-corrected chi connectivity index (χ2v) is 11.1. The fourth-order valence-electron chi connectivity index (χ4n) is 7.53. The van der Waals surface area contributed by atoms with E-state index in [-0.39, 0.29) is 29.4 Å². The van der Waals surface area contributed by atoms with Gasteiger partial charge in [-0.25, -0.2) is 0 Å². The van der Waals surface area contributed by atoms with E-state index in [0.717, 1.165) is 49.4 Å². The number of aliphatic hydroxyl groups is 1. The van der Waals surface area contributed by atoms with Crippen molar-refractivity contribution in [2.24, 2.45) is 33.7 Å². The van der Waals surface area contributed by atoms with Crippen molar-refractivity contribution < 1.29 is 14.7 Å². The number of aromatic nitrogens is 1. The van der Waals surface area contributed by atoms with Crippen LogP contribution < -0.4 is 5.32 Å². The second-order valence-electron chi connectivity index (χ2n) is 11.1. The molecule has 0 radical (unpaired) electrons. The molecule has 4 aliphatic carbocycles. The molecule has 0 saturated heterocycles. The molecule has 0 aromatic carbocycles. The van der Waals surface area contributed by atoms with Crippen LogP contribution in [0, 0.1) is 28.6 Å². The van der Waals surface area contributed by atoms with Crippen LogP contribution in [0.4, 0.5) is 0 Å². The SMILES string of the molecule is C[C@]12CC[C@@H]3[C@H](CCC4=CC(=NOCC(=O)NCc5ccccn5)CC[C@@]43C)[C@@H]1CC[C@H]2O. The Labute approximate surface area is 196 Å². The van der Waals surface area contributed by atoms with Crippen molar-refractivity contribution in [1.29, 1.82) is 0 Å². The maximum Gasteiger partial charge on any atom is 0.261 e. The predicted octanol–water partition coefficient (Wildman–Crippen LogP) is 4.39. The van der Waals surface area contributed by atoms with Crippen molar-refractivity contribution in [3.8, 4) is 0 Å². The van der Waals surface area contributed by atoms with Crippen molar-refractivity contribution in [2.45, 2.75) is 77.9 Å². The molecule has 6 heteroatoms. The minimum absolute atomic E-state index is 0.0793. The van der Waals surface area contributed by atoms with Gasteiger partial charge in [-0.05, 0) is 98.2 Å². The fourth-order valence-corrected chi connectivity index (χ4v) is 7.53. The van der Waals surface area contributed by atoms with Gasteiger partial charge in [0.25, 0.3) is 5.91 Å². The molecule has 1 heterocycles. The molecular formula is C27H37N3O3. The van der Waals surface area contributed by atoms with E-state index in [9.17, 15) is 9.90 Å². The Balaban J connectivity index is 1.19. The summed E-state index contributed by atoms with van der Waals surface area (Å²) in [5.41, 5.74) is 3.65. The molecular weight excluding hydrogens is 414 g/mol. The van der Waals surface area contributed by atoms with Gasteiger partial charge in [-0.3, -0.25) is 9.78 Å². The Morgan fingerprint density at radius 3 is 2.88 bits per heavy atom. The number of hydrogen-bond donors (Lipinski definition) is 2. The Morgan fingerprint density at radius 1 is 1.18 bits per heavy atom. The number of pyridine rings is 1. The molecule has 178 valence electrons. The Hall–Kier alpha value is -2.21. The highest BCUT2D eigenvalue weighted by Gasteiger charge is 2.58. The number of carbonyl (C=O) groups is 1. The lowest BCUT2D eigenvalue weighted by Crippen LogP contribution is -2.51. The van der Waals surface area contributed by atoms with E-state index < -0.39 is 0 Å². The van der Waals surface area contributed by atoms with Crippen LogP contribution in [0.3, 0.4) is 0 Å². The van der Waals surface area contributed by atoms with Gasteiger partial charge in [0.15, 0.2) is 6.61 Å². The van der Waals surface area contributed by atoms with Crippen LogP contribution in [0.15, 0.2) is 41.2 Å². The molecule has 0 aliphatic heterocycles. The third kappa shape index (κ3) is 4.11. The van der Waals surface area contributed by atoms with Crippen molar-refractivity contribution in [1.82, 2.24) is 10.3 Å². The number of nitrogens with zero attached hydrogens (tertiary/aromatic N) is 2. The van der Waals surface area contributed by atoms with E-state index in [0.29, 0.717) is 18.4 Å². The highest BCUT2D eigenvalue weighted by atomic mass is 16.6. The summed E-state index contributed by atoms with van der Waals surface area (Å²) < 4.78 is 0. The quantitative estimate of drug-likeness (QED) is 0.650. The molecule has 6 atom stereocenters. The first kappa shape index (κ1) is 22.6. The van der Waals surface area contributed by atoms with Crippen molar-refractivity contribution in [2.75, 3.05) is 6.61 Å². The van der Waals surface area contributed by atoms with Crippen LogP contribution in [0.25, 0.3) is 0 Å². The molecule has 0 unspecified atom stereocenters. The maximum absolute atomic E-state index is 12.1. The predicted molar refractivity (Wildman–Crippen MR) is 127 cm³/mol. The second kappa shape index (κ2) is 8.86. The lowest BCUT2D eigenvalue weighted by atomic mass is 9.47. The van der Waals surface area contributed by atoms with Crippen LogP contribution in [0.5, 0.6) is 0 Å². The van der Waals surface area contributed by atoms with E-state index >= 15 is 0 Å². The number of aliphatic hydroxyl groups excluding tert-OH is 1. The van der Waals surface area contributed by atoms with Gasteiger partial charge in [0.2, 0.25) is 0 Å². The number of allylic oxidation sites excluding steroid dienone is 2. The summed E-state index contributed by atoms with van der Waals surface area (Å²) in [4.78, 5) is 21.7. The van der Waals surface area contributed by atoms with E-state index in [4.69, 9.17) is 4.84 Å². The van der Waals surface area contributed by atoms with Crippen LogP contribution in [-0.4, -0.2) is 34.4 Å². The van der Waals surface area contributed by atoms with Crippen LogP contribution >= 0.6 is 0 Å². The summed E-state index contributed by atoms with van der Waals surface area (Å²) in [5, 5.41) is 17.8. The summed E-state index contributed by atoms with van der Waals surface area (Å²) in [6.07, 6.45) is 12.7. The number of oxime groups is 1. The average Bonchev–Trinajstić information content (AvgIpc) is 3.13. The van der Waals surface area contributed by atoms with Gasteiger partial charge in [0.05, 0.1) is 24.1 Å². The number of hydrogen-bond acceptors (Lipinski definition) is 5. The molecule has 2 N–H and O–H groups in total. The molecule has 4 aliphatic rings. The molecule has 6 nitrogen and oxygen atoms in total. The number of nitrogens with one attached hydrogen (secondary N) is 1. The third-order valence-electron chi connectivity index (χ3n) is 9.50. The van der Waals surface area contributed by atoms with Gasteiger partial charge >= 0.3 is 0 Å². The third-order valence-corrected chi connectivity index (χ3v) is 9.50. The first-order valence-electron chi connectivity index (χ1n) is 12.6. The van der Waals surface area contributed by atoms with Gasteiger partial charge in [-0.2, -0.15) is 0 Å². The average molecular weight is 452 g/mol. The molecule has 3 fully saturated rings. The topological polar surface area (TPSA) is 83.8 Å². The summed E-state index contributed by atoms with van der Waals surface area (Å²) in [6, 6.07) is 5.63. The van der Waals surface area contributed by atoms with Crippen LogP contribution in [0.1, 0.15) is 70.9 Å². The van der Waals surface area contributed by atoms with Gasteiger partial charge in [0, 0.05) is 6.20 Å². The molecule has 33 heavy (non-hydrogen) atoms. The smallest absolute Gasteiger partial charge is 0.261 e. The highest BCUT2D eigenvalue weighted by Crippen LogP contribution is 2.65. The van der Waals surface area contributed by atoms with Crippen molar-refractivity contribution in [3.63, 3.8) is 0 Å². The first-order chi connectivity index (χ1) is 15.9. The summed E-state index contributed by atoms with van der Waals surface area (Å²) >= 11 is 0. The molecule has 0 spiro atoms. The van der Waals surface area contributed by atoms with E-state index in [1.165, 1.54) is 24.8 Å². The van der Waals surface area contributed by atoms with Gasteiger partial charge in [0.1, 0.15) is 0 Å². The van der Waals surface area contributed by atoms with Crippen LogP contribution in [0.2, 0.25) is 0 Å². The number of fused-ring (bicyclic) bond motifs is 5. The monoisotopic (exact) mass is 451 g/mol.